The van der Waals surface area contributed by atoms with Gasteiger partial charge in [-0.15, -0.1) is 0 Å². The molecule has 0 heterocycles. The molecule has 0 aliphatic heterocycles. The Morgan fingerprint density at radius 1 is 1.31 bits per heavy atom. The van der Waals surface area contributed by atoms with E-state index < -0.39 is 0 Å². The van der Waals surface area contributed by atoms with Crippen molar-refractivity contribution >= 4 is 11.6 Å². The molecule has 0 unspecified atom stereocenters. The van der Waals surface area contributed by atoms with E-state index >= 15 is 0 Å². The van der Waals surface area contributed by atoms with Gasteiger partial charge < -0.3 is 4.74 Å². The average Bonchev–Trinajstić information content (AvgIpc) is 2.15. The van der Waals surface area contributed by atoms with Crippen LogP contribution in [-0.2, 0) is 6.42 Å². The molecule has 0 bridgehead atoms. The molecule has 0 saturated heterocycles. The SMILES string of the molecule is CCCOc1ccc(CC)c(Cl)c1. The Hall–Kier alpha value is -0.690. The quantitative estimate of drug-likeness (QED) is 0.717. The lowest BCUT2D eigenvalue weighted by molar-refractivity contribution is 0.317. The van der Waals surface area contributed by atoms with Gasteiger partial charge in [-0.25, -0.2) is 0 Å². The smallest absolute Gasteiger partial charge is 0.120 e. The highest BCUT2D eigenvalue weighted by Crippen LogP contribution is 2.22. The molecule has 0 aliphatic carbocycles. The van der Waals surface area contributed by atoms with Crippen molar-refractivity contribution in [1.82, 2.24) is 0 Å². The lowest BCUT2D eigenvalue weighted by atomic mass is 10.2. The van der Waals surface area contributed by atoms with Crippen molar-refractivity contribution in [1.29, 1.82) is 0 Å². The van der Waals surface area contributed by atoms with E-state index in [9.17, 15) is 0 Å². The molecule has 1 aromatic carbocycles. The third kappa shape index (κ3) is 2.92. The molecule has 0 aromatic heterocycles. The molecule has 0 N–H and O–H groups in total. The third-order valence-corrected chi connectivity index (χ3v) is 2.23. The van der Waals surface area contributed by atoms with Crippen molar-refractivity contribution in [2.45, 2.75) is 26.7 Å². The van der Waals surface area contributed by atoms with E-state index in [1.165, 1.54) is 5.56 Å². The van der Waals surface area contributed by atoms with Crippen LogP contribution in [0.15, 0.2) is 18.2 Å². The highest BCUT2D eigenvalue weighted by molar-refractivity contribution is 6.31. The molecule has 1 nitrogen and oxygen atoms in total. The number of benzene rings is 1. The third-order valence-electron chi connectivity index (χ3n) is 1.88. The lowest BCUT2D eigenvalue weighted by Crippen LogP contribution is -1.95. The summed E-state index contributed by atoms with van der Waals surface area (Å²) < 4.78 is 5.45. The van der Waals surface area contributed by atoms with Crippen LogP contribution in [0.25, 0.3) is 0 Å². The summed E-state index contributed by atoms with van der Waals surface area (Å²) in [4.78, 5) is 0. The monoisotopic (exact) mass is 198 g/mol. The predicted molar refractivity (Wildman–Crippen MR) is 56.6 cm³/mol. The molecule has 0 aliphatic rings. The topological polar surface area (TPSA) is 9.23 Å². The minimum absolute atomic E-state index is 0.752. The number of hydrogen-bond acceptors (Lipinski definition) is 1. The highest BCUT2D eigenvalue weighted by Gasteiger charge is 1.99. The number of halogens is 1. The Morgan fingerprint density at radius 3 is 2.62 bits per heavy atom. The first-order valence-corrected chi connectivity index (χ1v) is 5.07. The van der Waals surface area contributed by atoms with Gasteiger partial charge in [0.25, 0.3) is 0 Å². The molecular weight excluding hydrogens is 184 g/mol. The molecule has 0 fully saturated rings. The molecule has 1 aromatic rings. The van der Waals surface area contributed by atoms with Gasteiger partial charge in [0.2, 0.25) is 0 Å². The second-order valence-corrected chi connectivity index (χ2v) is 3.36. The fourth-order valence-electron chi connectivity index (χ4n) is 1.12. The van der Waals surface area contributed by atoms with Gasteiger partial charge in [-0.3, -0.25) is 0 Å². The van der Waals surface area contributed by atoms with E-state index in [1.54, 1.807) is 0 Å². The summed E-state index contributed by atoms with van der Waals surface area (Å²) >= 11 is 6.03. The van der Waals surface area contributed by atoms with Gasteiger partial charge in [0, 0.05) is 5.02 Å². The van der Waals surface area contributed by atoms with Crippen molar-refractivity contribution in [3.63, 3.8) is 0 Å². The number of rotatable bonds is 4. The average molecular weight is 199 g/mol. The van der Waals surface area contributed by atoms with Crippen molar-refractivity contribution in [3.8, 4) is 5.75 Å². The van der Waals surface area contributed by atoms with Crippen LogP contribution in [0.5, 0.6) is 5.75 Å². The summed E-state index contributed by atoms with van der Waals surface area (Å²) in [7, 11) is 0. The summed E-state index contributed by atoms with van der Waals surface area (Å²) in [6.45, 7) is 4.93. The Kier molecular flexibility index (Phi) is 4.10. The van der Waals surface area contributed by atoms with Crippen LogP contribution in [0.1, 0.15) is 25.8 Å². The summed E-state index contributed by atoms with van der Waals surface area (Å²) in [5.74, 6) is 0.865. The van der Waals surface area contributed by atoms with Crippen molar-refractivity contribution in [2.75, 3.05) is 6.61 Å². The summed E-state index contributed by atoms with van der Waals surface area (Å²) in [6, 6.07) is 5.88. The maximum Gasteiger partial charge on any atom is 0.120 e. The zero-order chi connectivity index (χ0) is 9.68. The largest absolute Gasteiger partial charge is 0.494 e. The summed E-state index contributed by atoms with van der Waals surface area (Å²) in [5.41, 5.74) is 1.17. The maximum atomic E-state index is 6.03. The molecule has 72 valence electrons. The van der Waals surface area contributed by atoms with E-state index in [-0.39, 0.29) is 0 Å². The van der Waals surface area contributed by atoms with Gasteiger partial charge in [-0.05, 0) is 30.5 Å². The first-order valence-electron chi connectivity index (χ1n) is 4.69. The van der Waals surface area contributed by atoms with Gasteiger partial charge in [-0.1, -0.05) is 31.5 Å². The zero-order valence-electron chi connectivity index (χ0n) is 8.14. The van der Waals surface area contributed by atoms with Crippen molar-refractivity contribution in [2.24, 2.45) is 0 Å². The van der Waals surface area contributed by atoms with E-state index in [4.69, 9.17) is 16.3 Å². The fourth-order valence-corrected chi connectivity index (χ4v) is 1.43. The van der Waals surface area contributed by atoms with Crippen LogP contribution >= 0.6 is 11.6 Å². The van der Waals surface area contributed by atoms with Gasteiger partial charge >= 0.3 is 0 Å². The van der Waals surface area contributed by atoms with Gasteiger partial charge in [0.15, 0.2) is 0 Å². The standard InChI is InChI=1S/C11H15ClO/c1-3-7-13-10-6-5-9(4-2)11(12)8-10/h5-6,8H,3-4,7H2,1-2H3. The normalized spacial score (nSPS) is 10.1. The lowest BCUT2D eigenvalue weighted by Gasteiger charge is -2.06. The van der Waals surface area contributed by atoms with Crippen molar-refractivity contribution < 1.29 is 4.74 Å². The first kappa shape index (κ1) is 10.4. The van der Waals surface area contributed by atoms with Gasteiger partial charge in [0.1, 0.15) is 5.75 Å². The van der Waals surface area contributed by atoms with E-state index in [0.717, 1.165) is 30.2 Å². The van der Waals surface area contributed by atoms with Crippen LogP contribution in [0.3, 0.4) is 0 Å². The molecule has 0 atom stereocenters. The molecule has 2 heteroatoms. The van der Waals surface area contributed by atoms with Crippen LogP contribution < -0.4 is 4.74 Å². The molecule has 0 saturated carbocycles. The molecule has 0 amide bonds. The van der Waals surface area contributed by atoms with Crippen LogP contribution in [0.2, 0.25) is 5.02 Å². The van der Waals surface area contributed by atoms with E-state index in [2.05, 4.69) is 13.8 Å². The van der Waals surface area contributed by atoms with Gasteiger partial charge in [-0.2, -0.15) is 0 Å². The molecule has 13 heavy (non-hydrogen) atoms. The van der Waals surface area contributed by atoms with Crippen molar-refractivity contribution in [3.05, 3.63) is 28.8 Å². The van der Waals surface area contributed by atoms with Gasteiger partial charge in [0.05, 0.1) is 6.61 Å². The zero-order valence-corrected chi connectivity index (χ0v) is 8.90. The molecule has 0 radical (unpaired) electrons. The second-order valence-electron chi connectivity index (χ2n) is 2.96. The number of aryl methyl sites for hydroxylation is 1. The Labute approximate surface area is 84.7 Å². The van der Waals surface area contributed by atoms with Crippen LogP contribution in [0.4, 0.5) is 0 Å². The number of ether oxygens (including phenoxy) is 1. The molecular formula is C11H15ClO. The van der Waals surface area contributed by atoms with E-state index in [1.807, 2.05) is 18.2 Å². The Morgan fingerprint density at radius 2 is 2.08 bits per heavy atom. The summed E-state index contributed by atoms with van der Waals surface area (Å²) in [5, 5.41) is 0.802. The first-order chi connectivity index (χ1) is 6.27. The number of hydrogen-bond donors (Lipinski definition) is 0. The maximum absolute atomic E-state index is 6.03. The van der Waals surface area contributed by atoms with Crippen LogP contribution in [-0.4, -0.2) is 6.61 Å². The molecule has 1 rings (SSSR count). The minimum Gasteiger partial charge on any atom is -0.494 e. The predicted octanol–water partition coefficient (Wildman–Crippen LogP) is 3.69. The van der Waals surface area contributed by atoms with Crippen LogP contribution in [0, 0.1) is 0 Å². The van der Waals surface area contributed by atoms with E-state index in [0.29, 0.717) is 0 Å². The Balaban J connectivity index is 2.71. The fraction of sp³-hybridized carbons (Fsp3) is 0.455. The Bertz CT molecular complexity index is 271. The molecule has 0 spiro atoms. The summed E-state index contributed by atoms with van der Waals surface area (Å²) in [6.07, 6.45) is 1.99. The second kappa shape index (κ2) is 5.13. The highest BCUT2D eigenvalue weighted by atomic mass is 35.5. The minimum atomic E-state index is 0.752.